The maximum Gasteiger partial charge on any atom is 0.294 e. The van der Waals surface area contributed by atoms with E-state index in [1.54, 1.807) is 30.5 Å². The molecular formula is C35H41N3O4. The highest BCUT2D eigenvalue weighted by Gasteiger charge is 2.39. The van der Waals surface area contributed by atoms with Crippen LogP contribution < -0.4 is 4.90 Å². The summed E-state index contributed by atoms with van der Waals surface area (Å²) in [5.74, 6) is -0.0105. The standard InChI is InChI=1S/C35H41N3O4/c1-26-11-13-27(14-12-26)38(34(41)31-10-7-25-42-31)28-15-21-36(22-16-28)23-19-35(17-5-2-6-18-35)20-24-37-32(39)29-8-3-4-9-30(29)33(37)40/h3-4,7-14,25,28H,2,5-6,15-24H2,1H3. The van der Waals surface area contributed by atoms with Gasteiger partial charge in [0.2, 0.25) is 0 Å². The largest absolute Gasteiger partial charge is 0.459 e. The van der Waals surface area contributed by atoms with Crippen molar-refractivity contribution in [1.82, 2.24) is 9.80 Å². The molecule has 0 bridgehead atoms. The van der Waals surface area contributed by atoms with Gasteiger partial charge >= 0.3 is 0 Å². The van der Waals surface area contributed by atoms with E-state index in [0.717, 1.165) is 63.8 Å². The van der Waals surface area contributed by atoms with Gasteiger partial charge in [0.25, 0.3) is 17.7 Å². The smallest absolute Gasteiger partial charge is 0.294 e. The number of furan rings is 1. The Morgan fingerprint density at radius 1 is 0.857 bits per heavy atom. The maximum atomic E-state index is 13.5. The molecule has 2 aromatic carbocycles. The zero-order valence-corrected chi connectivity index (χ0v) is 24.6. The van der Waals surface area contributed by atoms with Crippen molar-refractivity contribution in [2.75, 3.05) is 31.1 Å². The van der Waals surface area contributed by atoms with Crippen LogP contribution in [0.5, 0.6) is 0 Å². The lowest BCUT2D eigenvalue weighted by Gasteiger charge is -2.42. The summed E-state index contributed by atoms with van der Waals surface area (Å²) in [6, 6.07) is 19.0. The first kappa shape index (κ1) is 28.4. The van der Waals surface area contributed by atoms with Crippen molar-refractivity contribution < 1.29 is 18.8 Å². The molecule has 1 aliphatic carbocycles. The first-order chi connectivity index (χ1) is 20.4. The highest BCUT2D eigenvalue weighted by Crippen LogP contribution is 2.43. The molecule has 2 aliphatic heterocycles. The van der Waals surface area contributed by atoms with E-state index in [9.17, 15) is 14.4 Å². The molecule has 0 radical (unpaired) electrons. The number of carbonyl (C=O) groups excluding carboxylic acids is 3. The molecule has 1 saturated heterocycles. The van der Waals surface area contributed by atoms with Crippen LogP contribution in [-0.2, 0) is 0 Å². The second-order valence-corrected chi connectivity index (χ2v) is 12.4. The molecule has 7 nitrogen and oxygen atoms in total. The van der Waals surface area contributed by atoms with Gasteiger partial charge in [0.05, 0.1) is 17.4 Å². The summed E-state index contributed by atoms with van der Waals surface area (Å²) in [7, 11) is 0. The minimum Gasteiger partial charge on any atom is -0.459 e. The van der Waals surface area contributed by atoms with E-state index < -0.39 is 0 Å². The first-order valence-electron chi connectivity index (χ1n) is 15.6. The van der Waals surface area contributed by atoms with Crippen LogP contribution in [-0.4, -0.2) is 59.7 Å². The van der Waals surface area contributed by atoms with Crippen LogP contribution in [0.2, 0.25) is 0 Å². The fourth-order valence-electron chi connectivity index (χ4n) is 7.23. The number of rotatable bonds is 9. The van der Waals surface area contributed by atoms with Crippen molar-refractivity contribution in [1.29, 1.82) is 0 Å². The molecule has 3 aromatic rings. The van der Waals surface area contributed by atoms with Gasteiger partial charge in [-0.3, -0.25) is 19.3 Å². The normalized spacial score (nSPS) is 19.2. The number of hydrogen-bond donors (Lipinski definition) is 0. The molecule has 3 heterocycles. The molecule has 6 rings (SSSR count). The van der Waals surface area contributed by atoms with Gasteiger partial charge in [-0.25, -0.2) is 0 Å². The van der Waals surface area contributed by atoms with Crippen LogP contribution in [0.4, 0.5) is 5.69 Å². The van der Waals surface area contributed by atoms with Crippen molar-refractivity contribution >= 4 is 23.4 Å². The molecule has 0 atom stereocenters. The van der Waals surface area contributed by atoms with Gasteiger partial charge in [-0.2, -0.15) is 0 Å². The number of imide groups is 1. The Kier molecular flexibility index (Phi) is 8.29. The number of aryl methyl sites for hydroxylation is 1. The zero-order chi connectivity index (χ0) is 29.1. The number of anilines is 1. The molecule has 42 heavy (non-hydrogen) atoms. The van der Waals surface area contributed by atoms with Gasteiger partial charge in [0, 0.05) is 31.4 Å². The molecule has 7 heteroatoms. The van der Waals surface area contributed by atoms with Crippen LogP contribution in [0, 0.1) is 12.3 Å². The summed E-state index contributed by atoms with van der Waals surface area (Å²) >= 11 is 0. The lowest BCUT2D eigenvalue weighted by molar-refractivity contribution is 0.0588. The summed E-state index contributed by atoms with van der Waals surface area (Å²) in [6.07, 6.45) is 11.3. The highest BCUT2D eigenvalue weighted by atomic mass is 16.3. The third kappa shape index (κ3) is 5.80. The van der Waals surface area contributed by atoms with E-state index in [-0.39, 0.29) is 29.2 Å². The van der Waals surface area contributed by atoms with Crippen LogP contribution in [0.3, 0.4) is 0 Å². The van der Waals surface area contributed by atoms with Gasteiger partial charge in [0.15, 0.2) is 5.76 Å². The topological polar surface area (TPSA) is 74.1 Å². The number of hydrogen-bond acceptors (Lipinski definition) is 5. The van der Waals surface area contributed by atoms with E-state index in [0.29, 0.717) is 23.4 Å². The number of nitrogens with zero attached hydrogens (tertiary/aromatic N) is 3. The van der Waals surface area contributed by atoms with Crippen molar-refractivity contribution in [2.24, 2.45) is 5.41 Å². The lowest BCUT2D eigenvalue weighted by Crippen LogP contribution is -2.48. The molecule has 0 spiro atoms. The van der Waals surface area contributed by atoms with Gasteiger partial charge < -0.3 is 14.2 Å². The van der Waals surface area contributed by atoms with Gasteiger partial charge in [-0.15, -0.1) is 0 Å². The Morgan fingerprint density at radius 3 is 2.12 bits per heavy atom. The van der Waals surface area contributed by atoms with E-state index in [1.165, 1.54) is 29.7 Å². The molecule has 2 fully saturated rings. The van der Waals surface area contributed by atoms with E-state index in [1.807, 2.05) is 29.2 Å². The predicted molar refractivity (Wildman–Crippen MR) is 163 cm³/mol. The maximum absolute atomic E-state index is 13.5. The Hall–Kier alpha value is -3.71. The van der Waals surface area contributed by atoms with Crippen molar-refractivity contribution in [3.8, 4) is 0 Å². The SMILES string of the molecule is Cc1ccc(N(C(=O)c2ccco2)C2CCN(CCC3(CCN4C(=O)c5ccccc5C4=O)CCCCC3)CC2)cc1. The van der Waals surface area contributed by atoms with Crippen LogP contribution in [0.25, 0.3) is 0 Å². The first-order valence-corrected chi connectivity index (χ1v) is 15.6. The zero-order valence-electron chi connectivity index (χ0n) is 24.6. The number of likely N-dealkylation sites (tertiary alicyclic amines) is 1. The van der Waals surface area contributed by atoms with Gasteiger partial charge in [-0.1, -0.05) is 49.1 Å². The highest BCUT2D eigenvalue weighted by molar-refractivity contribution is 6.21. The summed E-state index contributed by atoms with van der Waals surface area (Å²) in [5.41, 5.74) is 3.31. The molecular weight excluding hydrogens is 526 g/mol. The number of fused-ring (bicyclic) bond motifs is 1. The molecule has 3 amide bonds. The predicted octanol–water partition coefficient (Wildman–Crippen LogP) is 6.73. The Labute approximate surface area is 248 Å². The summed E-state index contributed by atoms with van der Waals surface area (Å²) in [5, 5.41) is 0. The van der Waals surface area contributed by atoms with Crippen molar-refractivity contribution in [2.45, 2.75) is 70.8 Å². The molecule has 220 valence electrons. The minimum atomic E-state index is -0.147. The molecule has 1 aromatic heterocycles. The van der Waals surface area contributed by atoms with Crippen molar-refractivity contribution in [3.63, 3.8) is 0 Å². The Morgan fingerprint density at radius 2 is 1.50 bits per heavy atom. The van der Waals surface area contributed by atoms with Gasteiger partial charge in [0.1, 0.15) is 0 Å². The summed E-state index contributed by atoms with van der Waals surface area (Å²) in [6.45, 7) is 5.43. The fourth-order valence-corrected chi connectivity index (χ4v) is 7.23. The third-order valence-corrected chi connectivity index (χ3v) is 9.80. The van der Waals surface area contributed by atoms with Gasteiger partial charge in [-0.05, 0) is 93.8 Å². The molecule has 1 saturated carbocycles. The Balaban J connectivity index is 1.08. The van der Waals surface area contributed by atoms with Crippen molar-refractivity contribution in [3.05, 3.63) is 89.4 Å². The summed E-state index contributed by atoms with van der Waals surface area (Å²) in [4.78, 5) is 45.4. The van der Waals surface area contributed by atoms with Crippen LogP contribution in [0.15, 0.2) is 71.3 Å². The lowest BCUT2D eigenvalue weighted by atomic mass is 9.69. The van der Waals surface area contributed by atoms with E-state index in [2.05, 4.69) is 24.0 Å². The minimum absolute atomic E-state index is 0.0865. The number of benzene rings is 2. The molecule has 0 unspecified atom stereocenters. The van der Waals surface area contributed by atoms with E-state index >= 15 is 0 Å². The van der Waals surface area contributed by atoms with E-state index in [4.69, 9.17) is 4.42 Å². The fraction of sp³-hybridized carbons (Fsp3) is 0.457. The second kappa shape index (κ2) is 12.3. The summed E-state index contributed by atoms with van der Waals surface area (Å²) < 4.78 is 5.49. The quantitative estimate of drug-likeness (QED) is 0.268. The second-order valence-electron chi connectivity index (χ2n) is 12.4. The monoisotopic (exact) mass is 567 g/mol. The van der Waals surface area contributed by atoms with Crippen LogP contribution in [0.1, 0.15) is 94.6 Å². The number of amides is 3. The molecule has 0 N–H and O–H groups in total. The average molecular weight is 568 g/mol. The third-order valence-electron chi connectivity index (χ3n) is 9.80. The average Bonchev–Trinajstić information content (AvgIpc) is 3.65. The Bertz CT molecular complexity index is 1370. The van der Waals surface area contributed by atoms with Crippen LogP contribution >= 0.6 is 0 Å². The number of piperidine rings is 1. The number of carbonyl (C=O) groups is 3. The molecule has 3 aliphatic rings.